The van der Waals surface area contributed by atoms with E-state index in [1.54, 1.807) is 24.3 Å². The minimum absolute atomic E-state index is 0.134. The molecule has 6 heteroatoms. The molecule has 0 spiro atoms. The van der Waals surface area contributed by atoms with Gasteiger partial charge in [0.25, 0.3) is 0 Å². The van der Waals surface area contributed by atoms with Gasteiger partial charge in [0.15, 0.2) is 11.6 Å². The molecule has 3 aromatic rings. The van der Waals surface area contributed by atoms with Crippen LogP contribution in [0.15, 0.2) is 60.7 Å². The van der Waals surface area contributed by atoms with Crippen molar-refractivity contribution in [2.45, 2.75) is 5.92 Å². The molecule has 134 valence electrons. The molecule has 0 aliphatic rings. The number of nitrogens with one attached hydrogen (secondary N) is 1. The molecule has 0 saturated carbocycles. The highest BCUT2D eigenvalue weighted by molar-refractivity contribution is 5.68. The Bertz CT molecular complexity index is 855. The molecule has 4 N–H and O–H groups in total. The fourth-order valence-electron chi connectivity index (χ4n) is 2.76. The Morgan fingerprint density at radius 1 is 1.08 bits per heavy atom. The number of ether oxygens (including phenoxy) is 1. The number of rotatable bonds is 7. The van der Waals surface area contributed by atoms with Crippen LogP contribution < -0.4 is 15.8 Å². The number of anilines is 1. The molecule has 0 aliphatic carbocycles. The van der Waals surface area contributed by atoms with Crippen LogP contribution in [-0.2, 0) is 0 Å². The molecule has 3 rings (SSSR count). The van der Waals surface area contributed by atoms with E-state index in [-0.39, 0.29) is 17.5 Å². The highest BCUT2D eigenvalue weighted by Gasteiger charge is 2.15. The quantitative estimate of drug-likeness (QED) is 0.607. The van der Waals surface area contributed by atoms with Crippen molar-refractivity contribution in [1.82, 2.24) is 15.5 Å². The average molecular weight is 350 g/mol. The number of aromatic hydroxyl groups is 1. The van der Waals surface area contributed by atoms with Crippen LogP contribution in [0.5, 0.6) is 11.5 Å². The number of nitrogens with two attached hydrogens (primary N) is 1. The molecule has 1 aromatic heterocycles. The van der Waals surface area contributed by atoms with Crippen molar-refractivity contribution < 1.29 is 9.84 Å². The number of hydrogen-bond donors (Lipinski definition) is 3. The Kier molecular flexibility index (Phi) is 5.66. The Labute approximate surface area is 152 Å². The first-order valence-corrected chi connectivity index (χ1v) is 8.43. The zero-order valence-corrected chi connectivity index (χ0v) is 14.6. The van der Waals surface area contributed by atoms with Gasteiger partial charge in [0.05, 0.1) is 6.61 Å². The van der Waals surface area contributed by atoms with Crippen LogP contribution in [-0.4, -0.2) is 35.5 Å². The van der Waals surface area contributed by atoms with E-state index < -0.39 is 0 Å². The number of hydrogen-bond acceptors (Lipinski definition) is 6. The van der Waals surface area contributed by atoms with E-state index in [2.05, 4.69) is 27.6 Å². The van der Waals surface area contributed by atoms with Crippen LogP contribution in [0.2, 0.25) is 0 Å². The van der Waals surface area contributed by atoms with Crippen molar-refractivity contribution in [2.75, 3.05) is 25.9 Å². The molecule has 0 fully saturated rings. The van der Waals surface area contributed by atoms with Gasteiger partial charge in [-0.25, -0.2) is 0 Å². The Hall–Kier alpha value is -3.12. The van der Waals surface area contributed by atoms with Gasteiger partial charge in [0, 0.05) is 24.1 Å². The van der Waals surface area contributed by atoms with Crippen molar-refractivity contribution in [2.24, 2.45) is 0 Å². The Morgan fingerprint density at radius 3 is 2.54 bits per heavy atom. The summed E-state index contributed by atoms with van der Waals surface area (Å²) < 4.78 is 5.96. The molecule has 0 amide bonds. The number of likely N-dealkylation sites (N-methyl/N-ethyl adjacent to an activating group) is 1. The van der Waals surface area contributed by atoms with Gasteiger partial charge in [-0.05, 0) is 24.7 Å². The van der Waals surface area contributed by atoms with Crippen LogP contribution in [0, 0.1) is 0 Å². The maximum absolute atomic E-state index is 10.0. The molecular formula is C20H22N4O2. The second kappa shape index (κ2) is 8.31. The summed E-state index contributed by atoms with van der Waals surface area (Å²) >= 11 is 0. The average Bonchev–Trinajstić information content (AvgIpc) is 2.67. The van der Waals surface area contributed by atoms with E-state index in [0.29, 0.717) is 23.6 Å². The van der Waals surface area contributed by atoms with Crippen LogP contribution in [0.25, 0.3) is 11.3 Å². The van der Waals surface area contributed by atoms with E-state index in [0.717, 1.165) is 6.54 Å². The highest BCUT2D eigenvalue weighted by Crippen LogP contribution is 2.31. The third-order valence-corrected chi connectivity index (χ3v) is 4.13. The molecule has 0 bridgehead atoms. The van der Waals surface area contributed by atoms with Crippen molar-refractivity contribution in [3.05, 3.63) is 66.2 Å². The van der Waals surface area contributed by atoms with Crippen LogP contribution in [0.4, 0.5) is 5.82 Å². The third kappa shape index (κ3) is 4.10. The van der Waals surface area contributed by atoms with Crippen molar-refractivity contribution in [3.63, 3.8) is 0 Å². The minimum atomic E-state index is 0.134. The molecule has 1 unspecified atom stereocenters. The number of nitrogens with zero attached hydrogens (tertiary/aromatic N) is 2. The third-order valence-electron chi connectivity index (χ3n) is 4.13. The molecular weight excluding hydrogens is 328 g/mol. The summed E-state index contributed by atoms with van der Waals surface area (Å²) in [4.78, 5) is 0. The molecule has 1 heterocycles. The summed E-state index contributed by atoms with van der Waals surface area (Å²) in [6.07, 6.45) is 0. The predicted octanol–water partition coefficient (Wildman–Crippen LogP) is 2.81. The largest absolute Gasteiger partial charge is 0.507 e. The predicted molar refractivity (Wildman–Crippen MR) is 102 cm³/mol. The molecule has 6 nitrogen and oxygen atoms in total. The lowest BCUT2D eigenvalue weighted by molar-refractivity contribution is 0.286. The summed E-state index contributed by atoms with van der Waals surface area (Å²) in [5, 5.41) is 21.2. The van der Waals surface area contributed by atoms with E-state index in [1.165, 1.54) is 5.56 Å². The lowest BCUT2D eigenvalue weighted by atomic mass is 10.0. The smallest absolute Gasteiger partial charge is 0.188 e. The maximum atomic E-state index is 10.0. The summed E-state index contributed by atoms with van der Waals surface area (Å²) in [7, 11) is 1.91. The van der Waals surface area contributed by atoms with Gasteiger partial charge >= 0.3 is 0 Å². The second-order valence-corrected chi connectivity index (χ2v) is 5.97. The zero-order valence-electron chi connectivity index (χ0n) is 14.6. The van der Waals surface area contributed by atoms with Gasteiger partial charge in [-0.1, -0.05) is 42.5 Å². The van der Waals surface area contributed by atoms with Gasteiger partial charge < -0.3 is 20.9 Å². The standard InChI is InChI=1S/C20H22N4O2/c1-22-12-15(14-7-3-2-4-8-14)13-26-19-11-17(23-24-20(19)21)16-9-5-6-10-18(16)25/h2-11,15,22,25H,12-13H2,1H3,(H2,21,24). The van der Waals surface area contributed by atoms with E-state index >= 15 is 0 Å². The van der Waals surface area contributed by atoms with Gasteiger partial charge in [-0.15, -0.1) is 10.2 Å². The lowest BCUT2D eigenvalue weighted by Gasteiger charge is -2.18. The Balaban J connectivity index is 1.81. The van der Waals surface area contributed by atoms with Crippen LogP contribution in [0.1, 0.15) is 11.5 Å². The first kappa shape index (κ1) is 17.7. The maximum Gasteiger partial charge on any atom is 0.188 e. The number of nitrogen functional groups attached to an aromatic ring is 1. The summed E-state index contributed by atoms with van der Waals surface area (Å²) in [6.45, 7) is 1.22. The van der Waals surface area contributed by atoms with Crippen LogP contribution >= 0.6 is 0 Å². The van der Waals surface area contributed by atoms with Crippen molar-refractivity contribution in [1.29, 1.82) is 0 Å². The fourth-order valence-corrected chi connectivity index (χ4v) is 2.76. The van der Waals surface area contributed by atoms with Gasteiger partial charge in [-0.3, -0.25) is 0 Å². The number of phenolic OH excluding ortho intramolecular Hbond substituents is 1. The number of phenols is 1. The number of benzene rings is 2. The SMILES string of the molecule is CNCC(COc1cc(-c2ccccc2O)nnc1N)c1ccccc1. The highest BCUT2D eigenvalue weighted by atomic mass is 16.5. The second-order valence-electron chi connectivity index (χ2n) is 5.97. The molecule has 0 aliphatic heterocycles. The first-order chi connectivity index (χ1) is 12.7. The lowest BCUT2D eigenvalue weighted by Crippen LogP contribution is -2.23. The molecule has 26 heavy (non-hydrogen) atoms. The van der Waals surface area contributed by atoms with Crippen LogP contribution in [0.3, 0.4) is 0 Å². The molecule has 1 atom stereocenters. The fraction of sp³-hybridized carbons (Fsp3) is 0.200. The molecule has 0 radical (unpaired) electrons. The summed E-state index contributed by atoms with van der Waals surface area (Å²) in [5.41, 5.74) is 8.21. The summed E-state index contributed by atoms with van der Waals surface area (Å²) in [5.74, 6) is 0.980. The van der Waals surface area contributed by atoms with Gasteiger partial charge in [-0.2, -0.15) is 0 Å². The topological polar surface area (TPSA) is 93.3 Å². The molecule has 2 aromatic carbocycles. The summed E-state index contributed by atoms with van der Waals surface area (Å²) in [6, 6.07) is 18.8. The molecule has 0 saturated heterocycles. The minimum Gasteiger partial charge on any atom is -0.507 e. The van der Waals surface area contributed by atoms with E-state index in [4.69, 9.17) is 10.5 Å². The number of aromatic nitrogens is 2. The van der Waals surface area contributed by atoms with E-state index in [9.17, 15) is 5.11 Å². The van der Waals surface area contributed by atoms with E-state index in [1.807, 2.05) is 31.3 Å². The zero-order chi connectivity index (χ0) is 18.4. The van der Waals surface area contributed by atoms with Gasteiger partial charge in [0.1, 0.15) is 11.4 Å². The van der Waals surface area contributed by atoms with Crippen molar-refractivity contribution >= 4 is 5.82 Å². The first-order valence-electron chi connectivity index (χ1n) is 8.43. The van der Waals surface area contributed by atoms with Gasteiger partial charge in [0.2, 0.25) is 0 Å². The number of para-hydroxylation sites is 1. The normalized spacial score (nSPS) is 11.9. The Morgan fingerprint density at radius 2 is 1.81 bits per heavy atom. The monoisotopic (exact) mass is 350 g/mol. The van der Waals surface area contributed by atoms with Crippen molar-refractivity contribution in [3.8, 4) is 22.8 Å².